The summed E-state index contributed by atoms with van der Waals surface area (Å²) in [5.41, 5.74) is 0. The predicted octanol–water partition coefficient (Wildman–Crippen LogP) is 7.51. The van der Waals surface area contributed by atoms with Gasteiger partial charge in [0.2, 0.25) is 10.5 Å². The van der Waals surface area contributed by atoms with Crippen LogP contribution >= 0.6 is 0 Å². The van der Waals surface area contributed by atoms with Gasteiger partial charge in [0.05, 0.1) is 45.7 Å². The van der Waals surface area contributed by atoms with Crippen LogP contribution in [0.1, 0.15) is 201 Å². The number of hydrogen-bond donors (Lipinski definition) is 1. The van der Waals surface area contributed by atoms with Crippen LogP contribution in [0, 0.1) is 0 Å². The van der Waals surface area contributed by atoms with Gasteiger partial charge in [-0.1, -0.05) is 156 Å². The highest BCUT2D eigenvalue weighted by molar-refractivity contribution is 7.89. The molecule has 0 heterocycles. The first-order valence-electron chi connectivity index (χ1n) is 23.8. The van der Waals surface area contributed by atoms with Crippen LogP contribution in [0.3, 0.4) is 0 Å². The fraction of sp³-hybridized carbons (Fsp3) is 0.864. The molecule has 0 amide bonds. The molecule has 0 saturated carbocycles. The van der Waals surface area contributed by atoms with Crippen LogP contribution in [-0.4, -0.2) is 108 Å². The average molecular weight is 1010 g/mol. The Morgan fingerprint density at radius 1 is 0.348 bits per heavy atom. The zero-order valence-corrected chi connectivity index (χ0v) is 42.1. The minimum Gasteiger partial charge on any atom is -0.466 e. The van der Waals surface area contributed by atoms with Crippen LogP contribution in [0.15, 0.2) is 0 Å². The van der Waals surface area contributed by atoms with E-state index in [1.807, 2.05) is 27.7 Å². The van der Waals surface area contributed by atoms with Crippen LogP contribution in [0.25, 0.3) is 0 Å². The van der Waals surface area contributed by atoms with Gasteiger partial charge < -0.3 is 27.3 Å². The van der Waals surface area contributed by atoms with Gasteiger partial charge in [-0.15, -0.1) is 0 Å². The Balaban J connectivity index is 6.15. The third-order valence-corrected chi connectivity index (χ3v) is 14.3. The summed E-state index contributed by atoms with van der Waals surface area (Å²) in [5, 5.41) is -8.24. The molecule has 0 bridgehead atoms. The normalized spacial score (nSPS) is 13.2. The van der Waals surface area contributed by atoms with Crippen LogP contribution < -0.4 is 0 Å². The lowest BCUT2D eigenvalue weighted by Gasteiger charge is -2.19. The van der Waals surface area contributed by atoms with Crippen molar-refractivity contribution in [3.8, 4) is 0 Å². The van der Waals surface area contributed by atoms with E-state index < -0.39 is 101 Å². The molecule has 0 rings (SSSR count). The van der Waals surface area contributed by atoms with Crippen molar-refractivity contribution in [2.75, 3.05) is 26.4 Å². The van der Waals surface area contributed by atoms with Gasteiger partial charge in [-0.05, 0) is 25.7 Å². The Hall–Kier alpha value is -3.37. The summed E-state index contributed by atoms with van der Waals surface area (Å²) in [6.45, 7) is 7.37. The van der Waals surface area contributed by atoms with Crippen molar-refractivity contribution in [2.45, 2.75) is 217 Å². The van der Waals surface area contributed by atoms with Crippen LogP contribution in [0.2, 0.25) is 0 Å². The molecule has 0 radical (unpaired) electrons. The Bertz CT molecular complexity index is 1750. The van der Waals surface area contributed by atoms with Gasteiger partial charge in [0.25, 0.3) is 10.1 Å². The highest BCUT2D eigenvalue weighted by Gasteiger charge is 2.46. The monoisotopic (exact) mass is 1010 g/mol. The summed E-state index contributed by atoms with van der Waals surface area (Å²) in [5.74, 6) is -9.88. The molecule has 0 spiro atoms. The minimum absolute atomic E-state index is 0.108. The zero-order valence-electron chi connectivity index (χ0n) is 39.7. The lowest BCUT2D eigenvalue weighted by molar-refractivity contribution is -0.150. The van der Waals surface area contributed by atoms with Crippen molar-refractivity contribution in [3.63, 3.8) is 0 Å². The van der Waals surface area contributed by atoms with E-state index in [2.05, 4.69) is 8.37 Å². The summed E-state index contributed by atoms with van der Waals surface area (Å²) in [6, 6.07) is 0. The van der Waals surface area contributed by atoms with E-state index in [0.29, 0.717) is 51.4 Å². The van der Waals surface area contributed by atoms with E-state index in [0.717, 1.165) is 103 Å². The SMILES string of the molecule is CCCCCCCCOC(=O)CC(C(=O)OCCCCCCCC)S(=O)(=O)OC(=O)CC(C(=O)OS(=O)(=O)C(CC(=O)OCCCCCCCC)C(=O)OCCCCCCCC)S(=O)(=O)O. The molecule has 0 aliphatic heterocycles. The van der Waals surface area contributed by atoms with Crippen LogP contribution in [0.5, 0.6) is 0 Å². The summed E-state index contributed by atoms with van der Waals surface area (Å²) < 4.78 is 117. The van der Waals surface area contributed by atoms with Gasteiger partial charge in [-0.3, -0.25) is 28.5 Å². The number of esters is 4. The highest BCUT2D eigenvalue weighted by atomic mass is 32.2. The maximum absolute atomic E-state index is 13.4. The Labute approximate surface area is 393 Å². The van der Waals surface area contributed by atoms with E-state index in [1.165, 1.54) is 0 Å². The number of carbonyl (C=O) groups excluding carboxylic acids is 6. The van der Waals surface area contributed by atoms with Crippen LogP contribution in [-0.2, 0) is 86.4 Å². The Morgan fingerprint density at radius 2 is 0.621 bits per heavy atom. The topological polar surface area (TPSA) is 280 Å². The molecule has 19 nitrogen and oxygen atoms in total. The average Bonchev–Trinajstić information content (AvgIpc) is 3.24. The molecular formula is C44H78O19S3. The lowest BCUT2D eigenvalue weighted by atomic mass is 10.1. The Kier molecular flexibility index (Phi) is 34.8. The van der Waals surface area contributed by atoms with Crippen molar-refractivity contribution in [3.05, 3.63) is 0 Å². The smallest absolute Gasteiger partial charge is 0.343 e. The first-order chi connectivity index (χ1) is 31.3. The quantitative estimate of drug-likeness (QED) is 0.0203. The summed E-state index contributed by atoms with van der Waals surface area (Å²) in [4.78, 5) is 77.7. The third kappa shape index (κ3) is 30.1. The molecule has 22 heteroatoms. The van der Waals surface area contributed by atoms with Gasteiger partial charge in [0.15, 0.2) is 5.25 Å². The zero-order chi connectivity index (χ0) is 49.9. The summed E-state index contributed by atoms with van der Waals surface area (Å²) >= 11 is 0. The maximum atomic E-state index is 13.4. The molecule has 0 saturated heterocycles. The van der Waals surface area contributed by atoms with E-state index in [4.69, 9.17) is 18.9 Å². The fourth-order valence-electron chi connectivity index (χ4n) is 6.37. The van der Waals surface area contributed by atoms with Gasteiger partial charge in [-0.25, -0.2) is 4.79 Å². The first-order valence-corrected chi connectivity index (χ1v) is 28.3. The lowest BCUT2D eigenvalue weighted by Crippen LogP contribution is -2.42. The third-order valence-electron chi connectivity index (χ3n) is 10.3. The second kappa shape index (κ2) is 36.6. The maximum Gasteiger partial charge on any atom is 0.343 e. The second-order valence-corrected chi connectivity index (χ2v) is 21.3. The van der Waals surface area contributed by atoms with Crippen molar-refractivity contribution in [2.24, 2.45) is 0 Å². The van der Waals surface area contributed by atoms with Gasteiger partial charge in [0, 0.05) is 0 Å². The number of ether oxygens (including phenoxy) is 4. The number of rotatable bonds is 42. The standard InChI is InChI=1S/C44H78O19S3/c1-5-9-13-17-21-25-29-58-39(45)34-37(42(48)60-31-27-23-19-15-11-7-3)65(54,55)62-41(47)33-36(64(51,52)53)44(50)63-66(56,57)38(43(49)61-32-28-24-20-16-12-8-4)35-40(46)59-30-26-22-18-14-10-6-2/h36-38H,5-35H2,1-4H3,(H,51,52,53). The molecule has 0 aliphatic carbocycles. The fourth-order valence-corrected chi connectivity index (χ4v) is 9.26. The summed E-state index contributed by atoms with van der Waals surface area (Å²) in [6.07, 6.45) is 15.0. The van der Waals surface area contributed by atoms with E-state index in [9.17, 15) is 58.6 Å². The molecule has 3 unspecified atom stereocenters. The molecule has 66 heavy (non-hydrogen) atoms. The second-order valence-electron chi connectivity index (χ2n) is 16.3. The molecule has 386 valence electrons. The first kappa shape index (κ1) is 62.6. The molecule has 3 atom stereocenters. The van der Waals surface area contributed by atoms with Crippen LogP contribution in [0.4, 0.5) is 0 Å². The van der Waals surface area contributed by atoms with E-state index in [-0.39, 0.29) is 26.4 Å². The van der Waals surface area contributed by atoms with Crippen molar-refractivity contribution >= 4 is 66.2 Å². The van der Waals surface area contributed by atoms with Gasteiger partial charge in [-0.2, -0.15) is 25.3 Å². The molecule has 1 N–H and O–H groups in total. The molecule has 0 aromatic heterocycles. The van der Waals surface area contributed by atoms with Crippen molar-refractivity contribution in [1.29, 1.82) is 0 Å². The van der Waals surface area contributed by atoms with Crippen molar-refractivity contribution < 1.29 is 85.9 Å². The van der Waals surface area contributed by atoms with E-state index >= 15 is 0 Å². The predicted molar refractivity (Wildman–Crippen MR) is 244 cm³/mol. The largest absolute Gasteiger partial charge is 0.466 e. The summed E-state index contributed by atoms with van der Waals surface area (Å²) in [7, 11) is -17.0. The Morgan fingerprint density at radius 3 is 0.939 bits per heavy atom. The minimum atomic E-state index is -5.81. The number of hydrogen-bond acceptors (Lipinski definition) is 18. The molecule has 0 fully saturated rings. The molecule has 0 aromatic carbocycles. The molecule has 0 aromatic rings. The molecular weight excluding hydrogens is 929 g/mol. The molecule has 0 aliphatic rings. The number of carbonyl (C=O) groups is 6. The number of unbranched alkanes of at least 4 members (excludes halogenated alkanes) is 20. The van der Waals surface area contributed by atoms with E-state index in [1.54, 1.807) is 0 Å². The van der Waals surface area contributed by atoms with Gasteiger partial charge in [0.1, 0.15) is 0 Å². The van der Waals surface area contributed by atoms with Gasteiger partial charge >= 0.3 is 56.1 Å². The van der Waals surface area contributed by atoms with Crippen molar-refractivity contribution in [1.82, 2.24) is 0 Å². The highest BCUT2D eigenvalue weighted by Crippen LogP contribution is 2.21.